The van der Waals surface area contributed by atoms with Gasteiger partial charge in [0.1, 0.15) is 0 Å². The molecule has 0 saturated heterocycles. The lowest BCUT2D eigenvalue weighted by atomic mass is 10.1. The predicted molar refractivity (Wildman–Crippen MR) is 147 cm³/mol. The Morgan fingerprint density at radius 3 is 2.62 bits per heavy atom. The molecule has 5 rings (SSSR count). The van der Waals surface area contributed by atoms with E-state index >= 15 is 0 Å². The second kappa shape index (κ2) is 10.2. The number of alkyl halides is 3. The summed E-state index contributed by atoms with van der Waals surface area (Å²) in [6, 6.07) is 17.3. The van der Waals surface area contributed by atoms with E-state index in [0.717, 1.165) is 33.7 Å². The van der Waals surface area contributed by atoms with Gasteiger partial charge >= 0.3 is 16.6 Å². The van der Waals surface area contributed by atoms with Crippen molar-refractivity contribution < 1.29 is 26.7 Å². The number of thiazole rings is 1. The van der Waals surface area contributed by atoms with Crippen LogP contribution in [0.3, 0.4) is 0 Å². The maximum atomic E-state index is 13.5. The minimum atomic E-state index is -4.48. The highest BCUT2D eigenvalue weighted by atomic mass is 32.3. The molecule has 1 amide bonds. The first-order valence-corrected chi connectivity index (χ1v) is 14.4. The van der Waals surface area contributed by atoms with Gasteiger partial charge in [0.25, 0.3) is 0 Å². The van der Waals surface area contributed by atoms with Crippen molar-refractivity contribution in [2.24, 2.45) is 0 Å². The Morgan fingerprint density at radius 2 is 1.87 bits per heavy atom. The number of benzene rings is 3. The van der Waals surface area contributed by atoms with Crippen LogP contribution in [0.15, 0.2) is 71.6 Å². The summed E-state index contributed by atoms with van der Waals surface area (Å²) in [6.07, 6.45) is -4.10. The molecule has 4 aromatic rings. The average Bonchev–Trinajstić information content (AvgIpc) is 3.46. The highest BCUT2D eigenvalue weighted by Gasteiger charge is 2.43. The molecule has 11 heteroatoms. The minimum Gasteiger partial charge on any atom is -0.302 e. The molecule has 1 aliphatic rings. The van der Waals surface area contributed by atoms with E-state index < -0.39 is 28.0 Å². The molecule has 39 heavy (non-hydrogen) atoms. The Hall–Kier alpha value is -3.54. The minimum absolute atomic E-state index is 0.214. The first-order chi connectivity index (χ1) is 18.4. The van der Waals surface area contributed by atoms with E-state index in [1.165, 1.54) is 23.5 Å². The molecule has 6 nitrogen and oxygen atoms in total. The van der Waals surface area contributed by atoms with Gasteiger partial charge in [-0.15, -0.1) is 11.3 Å². The van der Waals surface area contributed by atoms with E-state index in [1.54, 1.807) is 16.4 Å². The number of anilines is 2. The highest BCUT2D eigenvalue weighted by molar-refractivity contribution is 7.99. The summed E-state index contributed by atoms with van der Waals surface area (Å²) in [5.74, 6) is -0.465. The fraction of sp³-hybridized carbons (Fsp3) is 0.214. The van der Waals surface area contributed by atoms with Crippen molar-refractivity contribution >= 4 is 38.5 Å². The van der Waals surface area contributed by atoms with Crippen molar-refractivity contribution in [2.45, 2.75) is 37.8 Å². The highest BCUT2D eigenvalue weighted by Crippen LogP contribution is 2.40. The molecule has 2 N–H and O–H groups in total. The Kier molecular flexibility index (Phi) is 7.08. The number of amides is 1. The number of nitrogens with zero attached hydrogens (tertiary/aromatic N) is 2. The Morgan fingerprint density at radius 1 is 1.10 bits per heavy atom. The van der Waals surface area contributed by atoms with E-state index in [9.17, 15) is 26.7 Å². The monoisotopic (exact) mass is 572 g/mol. The number of aromatic nitrogens is 1. The Balaban J connectivity index is 1.33. The molecule has 1 unspecified atom stereocenters. The van der Waals surface area contributed by atoms with Gasteiger partial charge in [-0.2, -0.15) is 22.0 Å². The van der Waals surface area contributed by atoms with E-state index in [1.807, 2.05) is 44.2 Å². The quantitative estimate of drug-likeness (QED) is 0.245. The van der Waals surface area contributed by atoms with Gasteiger partial charge in [-0.1, -0.05) is 42.5 Å². The van der Waals surface area contributed by atoms with E-state index in [4.69, 9.17) is 0 Å². The summed E-state index contributed by atoms with van der Waals surface area (Å²) in [7, 11) is -3.45. The van der Waals surface area contributed by atoms with Crippen LogP contribution < -0.4 is 9.62 Å². The van der Waals surface area contributed by atoms with Gasteiger partial charge in [0.15, 0.2) is 5.13 Å². The molecule has 2 heterocycles. The zero-order valence-corrected chi connectivity index (χ0v) is 22.7. The van der Waals surface area contributed by atoms with Crippen LogP contribution >= 0.6 is 11.3 Å². The lowest BCUT2D eigenvalue weighted by Crippen LogP contribution is -2.35. The third-order valence-corrected chi connectivity index (χ3v) is 9.44. The molecular weight excluding hydrogens is 547 g/mol. The zero-order valence-electron chi connectivity index (χ0n) is 21.1. The van der Waals surface area contributed by atoms with Gasteiger partial charge in [-0.05, 0) is 59.9 Å². The molecule has 0 aliphatic carbocycles. The first-order valence-electron chi connectivity index (χ1n) is 12.1. The Bertz CT molecular complexity index is 1620. The molecule has 1 aromatic heterocycles. The van der Waals surface area contributed by atoms with Gasteiger partial charge in [-0.25, -0.2) is 4.98 Å². The van der Waals surface area contributed by atoms with Gasteiger partial charge < -0.3 is 5.32 Å². The standard InChI is InChI=1S/C28H24F3N3O3S2/c1-17-6-3-4-9-24(17)39(36,37)34-13-12-20-16-21(10-11-23(20)34)26-18(2)38-27(33-26)32-25(35)15-19-7-5-8-22(14-19)28(29,30)31/h3-11,14,16H,12-13,15H2,1-2H3,(H-,32,33,35,36,37)/p+1. The van der Waals surface area contributed by atoms with E-state index in [0.29, 0.717) is 34.4 Å². The summed E-state index contributed by atoms with van der Waals surface area (Å²) >= 11 is 1.27. The molecule has 0 radical (unpaired) electrons. The maximum absolute atomic E-state index is 13.5. The summed E-state index contributed by atoms with van der Waals surface area (Å²) in [5, 5.41) is 3.04. The molecule has 1 atom stereocenters. The summed E-state index contributed by atoms with van der Waals surface area (Å²) < 4.78 is 65.0. The maximum Gasteiger partial charge on any atom is 0.416 e. The smallest absolute Gasteiger partial charge is 0.302 e. The topological polar surface area (TPSA) is 82.5 Å². The van der Waals surface area contributed by atoms with Gasteiger partial charge in [-0.3, -0.25) is 4.79 Å². The van der Waals surface area contributed by atoms with Crippen LogP contribution in [0.4, 0.5) is 24.0 Å². The molecule has 0 saturated carbocycles. The van der Waals surface area contributed by atoms with Crippen molar-refractivity contribution in [3.8, 4) is 11.3 Å². The van der Waals surface area contributed by atoms with Crippen LogP contribution in [0.2, 0.25) is 0 Å². The fourth-order valence-corrected chi connectivity index (χ4v) is 7.29. The van der Waals surface area contributed by atoms with Gasteiger partial charge in [0.2, 0.25) is 10.8 Å². The number of carbonyl (C=O) groups is 1. The largest absolute Gasteiger partial charge is 0.416 e. The summed E-state index contributed by atoms with van der Waals surface area (Å²) in [5.41, 5.74) is 3.29. The number of nitrogens with one attached hydrogen (secondary N) is 1. The summed E-state index contributed by atoms with van der Waals surface area (Å²) in [6.45, 7) is 4.08. The number of aryl methyl sites for hydroxylation is 2. The van der Waals surface area contributed by atoms with Gasteiger partial charge in [0.05, 0.1) is 29.9 Å². The van der Waals surface area contributed by atoms with Crippen molar-refractivity contribution in [2.75, 3.05) is 16.2 Å². The lowest BCUT2D eigenvalue weighted by Gasteiger charge is -2.18. The molecule has 0 fully saturated rings. The molecule has 3 aromatic carbocycles. The van der Waals surface area contributed by atoms with Crippen LogP contribution in [0, 0.1) is 13.8 Å². The summed E-state index contributed by atoms with van der Waals surface area (Å²) in [4.78, 5) is 18.3. The van der Waals surface area contributed by atoms with Crippen molar-refractivity contribution in [1.29, 1.82) is 0 Å². The number of hydrogen-bond donors (Lipinski definition) is 2. The third-order valence-electron chi connectivity index (χ3n) is 6.55. The van der Waals surface area contributed by atoms with Crippen LogP contribution in [0.5, 0.6) is 0 Å². The van der Waals surface area contributed by atoms with Crippen LogP contribution in [-0.4, -0.2) is 22.0 Å². The second-order valence-electron chi connectivity index (χ2n) is 9.30. The van der Waals surface area contributed by atoms with Crippen LogP contribution in [-0.2, 0) is 38.4 Å². The Labute approximate surface area is 228 Å². The van der Waals surface area contributed by atoms with Crippen molar-refractivity contribution in [1.82, 2.24) is 4.98 Å². The molecule has 0 bridgehead atoms. The average molecular weight is 573 g/mol. The lowest BCUT2D eigenvalue weighted by molar-refractivity contribution is -0.137. The SMILES string of the molecule is Cc1ccccc1[S+](=O)(O)N1CCc2cc(-c3nc(NC(=O)Cc4cccc(C(F)(F)F)c4)sc3C)ccc21. The number of halogens is 3. The van der Waals surface area contributed by atoms with Crippen molar-refractivity contribution in [3.05, 3.63) is 93.9 Å². The molecule has 1 aliphatic heterocycles. The second-order valence-corrected chi connectivity index (χ2v) is 12.4. The number of rotatable bonds is 6. The third kappa shape index (κ3) is 5.47. The first kappa shape index (κ1) is 27.0. The predicted octanol–water partition coefficient (Wildman–Crippen LogP) is 6.94. The van der Waals surface area contributed by atoms with E-state index in [-0.39, 0.29) is 12.0 Å². The van der Waals surface area contributed by atoms with Crippen LogP contribution in [0.25, 0.3) is 11.3 Å². The number of fused-ring (bicyclic) bond motifs is 1. The number of hydrogen-bond acceptors (Lipinski definition) is 4. The normalized spacial score (nSPS) is 14.7. The molecule has 0 spiro atoms. The van der Waals surface area contributed by atoms with E-state index in [2.05, 4.69) is 10.3 Å². The molecule has 202 valence electrons. The molecular formula is C28H25F3N3O3S2+. The zero-order chi connectivity index (χ0) is 27.9. The van der Waals surface area contributed by atoms with Crippen molar-refractivity contribution in [3.63, 3.8) is 0 Å². The van der Waals surface area contributed by atoms with Crippen LogP contribution in [0.1, 0.15) is 27.1 Å². The fourth-order valence-electron chi connectivity index (χ4n) is 4.67. The number of carbonyl (C=O) groups excluding carboxylic acids is 1. The van der Waals surface area contributed by atoms with Gasteiger partial charge in [0, 0.05) is 16.0 Å².